The van der Waals surface area contributed by atoms with Crippen molar-refractivity contribution in [2.45, 2.75) is 31.8 Å². The van der Waals surface area contributed by atoms with Gasteiger partial charge in [-0.05, 0) is 49.4 Å². The molecule has 0 fully saturated rings. The van der Waals surface area contributed by atoms with Gasteiger partial charge in [0.25, 0.3) is 5.91 Å². The van der Waals surface area contributed by atoms with Crippen molar-refractivity contribution in [3.63, 3.8) is 0 Å². The van der Waals surface area contributed by atoms with E-state index < -0.39 is 18.0 Å². The minimum atomic E-state index is -0.835. The third kappa shape index (κ3) is 3.67. The molecule has 1 aliphatic carbocycles. The van der Waals surface area contributed by atoms with Gasteiger partial charge in [0.1, 0.15) is 17.6 Å². The van der Waals surface area contributed by atoms with Crippen molar-refractivity contribution in [3.8, 4) is 0 Å². The summed E-state index contributed by atoms with van der Waals surface area (Å²) in [6, 6.07) is 4.00. The minimum absolute atomic E-state index is 0.0663. The van der Waals surface area contributed by atoms with Gasteiger partial charge in [0, 0.05) is 24.5 Å². The summed E-state index contributed by atoms with van der Waals surface area (Å²) in [5, 5.41) is 2.67. The highest BCUT2D eigenvalue weighted by Crippen LogP contribution is 2.34. The van der Waals surface area contributed by atoms with E-state index in [1.165, 1.54) is 18.2 Å². The summed E-state index contributed by atoms with van der Waals surface area (Å²) >= 11 is 5.77. The lowest BCUT2D eigenvalue weighted by Crippen LogP contribution is -2.18. The molecule has 3 rings (SSSR count). The second-order valence-electron chi connectivity index (χ2n) is 6.28. The molecule has 1 heterocycles. The molecule has 0 saturated carbocycles. The van der Waals surface area contributed by atoms with E-state index in [0.29, 0.717) is 24.2 Å². The monoisotopic (exact) mass is 379 g/mol. The molecule has 3 N–H and O–H groups in total. The molecule has 0 aliphatic heterocycles. The number of hydrogen-bond donors (Lipinski definition) is 2. The molecule has 0 bridgehead atoms. The Morgan fingerprint density at radius 3 is 2.85 bits per heavy atom. The topological polar surface area (TPSA) is 86.3 Å². The van der Waals surface area contributed by atoms with E-state index in [1.807, 2.05) is 0 Å². The molecule has 1 aromatic carbocycles. The molecule has 1 aromatic heterocycles. The summed E-state index contributed by atoms with van der Waals surface area (Å²) in [4.78, 5) is 24.0. The molecule has 1 unspecified atom stereocenters. The number of benzene rings is 1. The number of aryl methyl sites for hydroxylation is 1. The van der Waals surface area contributed by atoms with E-state index in [9.17, 15) is 14.0 Å². The van der Waals surface area contributed by atoms with Crippen LogP contribution in [-0.2, 0) is 18.2 Å². The SMILES string of the molecule is Cn1cc2c(c1C(=O)Nc1ccc(F)c(Cl)c1)CCCCC2OC(N)=O. The van der Waals surface area contributed by atoms with E-state index in [0.717, 1.165) is 24.0 Å². The number of primary amides is 1. The number of fused-ring (bicyclic) bond motifs is 1. The third-order valence-corrected chi connectivity index (χ3v) is 4.75. The predicted octanol–water partition coefficient (Wildman–Crippen LogP) is 3.93. The van der Waals surface area contributed by atoms with Gasteiger partial charge in [-0.3, -0.25) is 4.79 Å². The molecule has 1 aliphatic rings. The van der Waals surface area contributed by atoms with Gasteiger partial charge in [0.05, 0.1) is 5.02 Å². The summed E-state index contributed by atoms with van der Waals surface area (Å²) in [6.07, 6.45) is 3.59. The number of carbonyl (C=O) groups is 2. The maximum Gasteiger partial charge on any atom is 0.405 e. The van der Waals surface area contributed by atoms with Gasteiger partial charge in [-0.1, -0.05) is 11.6 Å². The van der Waals surface area contributed by atoms with Crippen molar-refractivity contribution < 1.29 is 18.7 Å². The van der Waals surface area contributed by atoms with Gasteiger partial charge >= 0.3 is 6.09 Å². The number of nitrogens with two attached hydrogens (primary N) is 1. The minimum Gasteiger partial charge on any atom is -0.441 e. The number of amides is 2. The number of nitrogens with one attached hydrogen (secondary N) is 1. The first kappa shape index (κ1) is 18.3. The Morgan fingerprint density at radius 2 is 2.15 bits per heavy atom. The van der Waals surface area contributed by atoms with Crippen molar-refractivity contribution in [1.29, 1.82) is 0 Å². The Morgan fingerprint density at radius 1 is 1.38 bits per heavy atom. The van der Waals surface area contributed by atoms with Crippen LogP contribution in [0.2, 0.25) is 5.02 Å². The smallest absolute Gasteiger partial charge is 0.405 e. The van der Waals surface area contributed by atoms with Gasteiger partial charge in [-0.25, -0.2) is 9.18 Å². The number of carbonyl (C=O) groups excluding carboxylic acids is 2. The summed E-state index contributed by atoms with van der Waals surface area (Å²) < 4.78 is 20.2. The van der Waals surface area contributed by atoms with Crippen LogP contribution >= 0.6 is 11.6 Å². The van der Waals surface area contributed by atoms with Gasteiger partial charge in [0.15, 0.2) is 0 Å². The molecule has 138 valence electrons. The lowest BCUT2D eigenvalue weighted by molar-refractivity contribution is 0.101. The zero-order valence-electron chi connectivity index (χ0n) is 14.2. The molecule has 6 nitrogen and oxygen atoms in total. The maximum atomic E-state index is 13.3. The normalized spacial score (nSPS) is 16.5. The fraction of sp³-hybridized carbons (Fsp3) is 0.333. The van der Waals surface area contributed by atoms with Crippen LogP contribution in [0.15, 0.2) is 24.4 Å². The second kappa shape index (κ2) is 7.37. The first-order valence-corrected chi connectivity index (χ1v) is 8.65. The summed E-state index contributed by atoms with van der Waals surface area (Å²) in [6.45, 7) is 0. The molecule has 0 spiro atoms. The fourth-order valence-electron chi connectivity index (χ4n) is 3.35. The lowest BCUT2D eigenvalue weighted by Gasteiger charge is -2.14. The number of halogens is 2. The Bertz CT molecular complexity index is 866. The molecule has 8 heteroatoms. The zero-order chi connectivity index (χ0) is 18.8. The average molecular weight is 380 g/mol. The quantitative estimate of drug-likeness (QED) is 0.792. The molecule has 2 aromatic rings. The van der Waals surface area contributed by atoms with Crippen LogP contribution in [0.4, 0.5) is 14.9 Å². The van der Waals surface area contributed by atoms with Crippen LogP contribution < -0.4 is 11.1 Å². The van der Waals surface area contributed by atoms with Crippen molar-refractivity contribution >= 4 is 29.3 Å². The molecular weight excluding hydrogens is 361 g/mol. The molecule has 1 atom stereocenters. The first-order chi connectivity index (χ1) is 12.4. The summed E-state index contributed by atoms with van der Waals surface area (Å²) in [5.74, 6) is -0.889. The zero-order valence-corrected chi connectivity index (χ0v) is 15.0. The van der Waals surface area contributed by atoms with Crippen molar-refractivity contribution in [2.75, 3.05) is 5.32 Å². The Kier molecular flexibility index (Phi) is 5.18. The first-order valence-electron chi connectivity index (χ1n) is 8.27. The van der Waals surface area contributed by atoms with Gasteiger partial charge in [0.2, 0.25) is 0 Å². The van der Waals surface area contributed by atoms with Gasteiger partial charge in [-0.15, -0.1) is 0 Å². The standard InChI is InChI=1S/C18H19ClFN3O3/c1-23-9-12-11(4-2-3-5-15(12)26-18(21)25)16(23)17(24)22-10-6-7-14(20)13(19)8-10/h6-9,15H,2-5H2,1H3,(H2,21,25)(H,22,24). The average Bonchev–Trinajstić information content (AvgIpc) is 2.78. The summed E-state index contributed by atoms with van der Waals surface area (Å²) in [5.41, 5.74) is 7.68. The van der Waals surface area contributed by atoms with Crippen LogP contribution in [-0.4, -0.2) is 16.6 Å². The van der Waals surface area contributed by atoms with E-state index in [1.54, 1.807) is 17.8 Å². The molecule has 0 radical (unpaired) electrons. The number of rotatable bonds is 3. The lowest BCUT2D eigenvalue weighted by atomic mass is 10.0. The Hall–Kier alpha value is -2.54. The highest BCUT2D eigenvalue weighted by Gasteiger charge is 2.28. The Labute approximate surface area is 155 Å². The predicted molar refractivity (Wildman–Crippen MR) is 95.7 cm³/mol. The van der Waals surface area contributed by atoms with Crippen molar-refractivity contribution in [1.82, 2.24) is 4.57 Å². The van der Waals surface area contributed by atoms with Crippen LogP contribution in [0.5, 0.6) is 0 Å². The van der Waals surface area contributed by atoms with E-state index in [-0.39, 0.29) is 10.9 Å². The number of hydrogen-bond acceptors (Lipinski definition) is 3. The highest BCUT2D eigenvalue weighted by molar-refractivity contribution is 6.31. The Balaban J connectivity index is 1.92. The van der Waals surface area contributed by atoms with Gasteiger partial charge < -0.3 is 20.4 Å². The molecule has 2 amide bonds. The summed E-state index contributed by atoms with van der Waals surface area (Å²) in [7, 11) is 1.75. The number of nitrogens with zero attached hydrogens (tertiary/aromatic N) is 1. The van der Waals surface area contributed by atoms with E-state index in [4.69, 9.17) is 22.1 Å². The second-order valence-corrected chi connectivity index (χ2v) is 6.68. The van der Waals surface area contributed by atoms with Crippen LogP contribution in [0.25, 0.3) is 0 Å². The molecular formula is C18H19ClFN3O3. The molecule has 0 saturated heterocycles. The number of ether oxygens (including phenoxy) is 1. The fourth-order valence-corrected chi connectivity index (χ4v) is 3.53. The third-order valence-electron chi connectivity index (χ3n) is 4.46. The maximum absolute atomic E-state index is 13.3. The van der Waals surface area contributed by atoms with Crippen LogP contribution in [0.1, 0.15) is 47.0 Å². The largest absolute Gasteiger partial charge is 0.441 e. The van der Waals surface area contributed by atoms with E-state index in [2.05, 4.69) is 5.32 Å². The highest BCUT2D eigenvalue weighted by atomic mass is 35.5. The van der Waals surface area contributed by atoms with Gasteiger partial charge in [-0.2, -0.15) is 0 Å². The van der Waals surface area contributed by atoms with Crippen LogP contribution in [0, 0.1) is 5.82 Å². The van der Waals surface area contributed by atoms with E-state index >= 15 is 0 Å². The van der Waals surface area contributed by atoms with Crippen molar-refractivity contribution in [2.24, 2.45) is 12.8 Å². The van der Waals surface area contributed by atoms with Crippen LogP contribution in [0.3, 0.4) is 0 Å². The number of anilines is 1. The number of aromatic nitrogens is 1. The van der Waals surface area contributed by atoms with Crippen molar-refractivity contribution in [3.05, 3.63) is 52.1 Å². The molecule has 26 heavy (non-hydrogen) atoms.